The molecule has 1 aromatic rings. The molecular weight excluding hydrogens is 232 g/mol. The maximum Gasteiger partial charge on any atom is 0.273 e. The molecule has 0 aliphatic heterocycles. The summed E-state index contributed by atoms with van der Waals surface area (Å²) in [6.45, 7) is 6.20. The molecule has 7 nitrogen and oxygen atoms in total. The number of nitrogens with zero attached hydrogens (tertiary/aromatic N) is 3. The number of nitrogens with two attached hydrogens (primary N) is 1. The second-order valence-electron chi connectivity index (χ2n) is 3.55. The molecule has 0 unspecified atom stereocenters. The third kappa shape index (κ3) is 3.00. The molecule has 1 rings (SSSR count). The van der Waals surface area contributed by atoms with Crippen molar-refractivity contribution < 1.29 is 13.2 Å². The van der Waals surface area contributed by atoms with Gasteiger partial charge in [-0.2, -0.15) is 0 Å². The standard InChI is InChI=1S/C8H16N4O3S/c1-4-12-7(5-15-6(2)3)10-11-8(12)16(9,13)14/h6H,4-5H2,1-3H3,(H2,9,13,14). The fourth-order valence-electron chi connectivity index (χ4n) is 1.20. The third-order valence-electron chi connectivity index (χ3n) is 1.91. The van der Waals surface area contributed by atoms with Crippen LogP contribution in [0.3, 0.4) is 0 Å². The van der Waals surface area contributed by atoms with Gasteiger partial charge < -0.3 is 4.74 Å². The Morgan fingerprint density at radius 3 is 2.50 bits per heavy atom. The molecule has 0 fully saturated rings. The summed E-state index contributed by atoms with van der Waals surface area (Å²) in [5.41, 5.74) is 0. The first kappa shape index (κ1) is 13.1. The molecule has 0 aliphatic carbocycles. The lowest BCUT2D eigenvalue weighted by Gasteiger charge is -2.08. The van der Waals surface area contributed by atoms with Crippen LogP contribution in [0.15, 0.2) is 5.16 Å². The lowest BCUT2D eigenvalue weighted by atomic mass is 10.5. The van der Waals surface area contributed by atoms with Crippen molar-refractivity contribution in [3.8, 4) is 0 Å². The van der Waals surface area contributed by atoms with E-state index in [2.05, 4.69) is 10.2 Å². The minimum absolute atomic E-state index is 0.0416. The van der Waals surface area contributed by atoms with Gasteiger partial charge >= 0.3 is 0 Å². The van der Waals surface area contributed by atoms with E-state index in [0.29, 0.717) is 12.4 Å². The SMILES string of the molecule is CCn1c(COC(C)C)nnc1S(N)(=O)=O. The van der Waals surface area contributed by atoms with Gasteiger partial charge in [0.1, 0.15) is 6.61 Å². The predicted molar refractivity (Wildman–Crippen MR) is 57.0 cm³/mol. The molecular formula is C8H16N4O3S. The summed E-state index contributed by atoms with van der Waals surface area (Å²) in [6, 6.07) is 0. The summed E-state index contributed by atoms with van der Waals surface area (Å²) in [4.78, 5) is 0. The number of primary sulfonamides is 1. The maximum atomic E-state index is 11.2. The number of ether oxygens (including phenoxy) is 1. The van der Waals surface area contributed by atoms with Gasteiger partial charge in [-0.15, -0.1) is 10.2 Å². The quantitative estimate of drug-likeness (QED) is 0.782. The lowest BCUT2D eigenvalue weighted by Crippen LogP contribution is -2.19. The van der Waals surface area contributed by atoms with Crippen molar-refractivity contribution in [3.63, 3.8) is 0 Å². The van der Waals surface area contributed by atoms with Crippen molar-refractivity contribution in [1.29, 1.82) is 0 Å². The lowest BCUT2D eigenvalue weighted by molar-refractivity contribution is 0.0591. The predicted octanol–water partition coefficient (Wildman–Crippen LogP) is -0.130. The van der Waals surface area contributed by atoms with E-state index in [1.54, 1.807) is 6.92 Å². The Kier molecular flexibility index (Phi) is 4.00. The van der Waals surface area contributed by atoms with Crippen molar-refractivity contribution in [3.05, 3.63) is 5.82 Å². The van der Waals surface area contributed by atoms with E-state index in [4.69, 9.17) is 9.88 Å². The van der Waals surface area contributed by atoms with E-state index in [-0.39, 0.29) is 17.9 Å². The maximum absolute atomic E-state index is 11.2. The van der Waals surface area contributed by atoms with Gasteiger partial charge in [-0.1, -0.05) is 0 Å². The molecule has 1 aromatic heterocycles. The van der Waals surface area contributed by atoms with Crippen LogP contribution in [-0.4, -0.2) is 29.3 Å². The van der Waals surface area contributed by atoms with Crippen LogP contribution >= 0.6 is 0 Å². The number of hydrogen-bond acceptors (Lipinski definition) is 5. The molecule has 0 spiro atoms. The highest BCUT2D eigenvalue weighted by Crippen LogP contribution is 2.08. The minimum Gasteiger partial charge on any atom is -0.371 e. The van der Waals surface area contributed by atoms with Gasteiger partial charge in [0, 0.05) is 6.54 Å². The number of aromatic nitrogens is 3. The molecule has 0 bridgehead atoms. The average Bonchev–Trinajstić information content (AvgIpc) is 2.56. The molecule has 16 heavy (non-hydrogen) atoms. The fourth-order valence-corrected chi connectivity index (χ4v) is 1.89. The summed E-state index contributed by atoms with van der Waals surface area (Å²) in [7, 11) is -3.83. The van der Waals surface area contributed by atoms with Crippen LogP contribution in [0.4, 0.5) is 0 Å². The van der Waals surface area contributed by atoms with Crippen molar-refractivity contribution in [1.82, 2.24) is 14.8 Å². The van der Waals surface area contributed by atoms with E-state index in [1.165, 1.54) is 4.57 Å². The highest BCUT2D eigenvalue weighted by atomic mass is 32.2. The molecule has 0 amide bonds. The molecule has 0 radical (unpaired) electrons. The van der Waals surface area contributed by atoms with E-state index >= 15 is 0 Å². The first-order valence-electron chi connectivity index (χ1n) is 4.92. The summed E-state index contributed by atoms with van der Waals surface area (Å²) in [6.07, 6.45) is 0.0416. The first-order valence-corrected chi connectivity index (χ1v) is 6.47. The molecule has 0 aliphatic rings. The molecule has 2 N–H and O–H groups in total. The minimum atomic E-state index is -3.83. The van der Waals surface area contributed by atoms with Crippen LogP contribution in [-0.2, 0) is 27.9 Å². The smallest absolute Gasteiger partial charge is 0.273 e. The van der Waals surface area contributed by atoms with Gasteiger partial charge in [-0.25, -0.2) is 13.6 Å². The van der Waals surface area contributed by atoms with Gasteiger partial charge in [0.15, 0.2) is 5.82 Å². The second-order valence-corrected chi connectivity index (χ2v) is 5.00. The Balaban J connectivity index is 3.00. The van der Waals surface area contributed by atoms with Crippen LogP contribution in [0.1, 0.15) is 26.6 Å². The zero-order valence-corrected chi connectivity index (χ0v) is 10.4. The van der Waals surface area contributed by atoms with Crippen LogP contribution < -0.4 is 5.14 Å². The molecule has 0 saturated carbocycles. The van der Waals surface area contributed by atoms with Crippen LogP contribution in [0.5, 0.6) is 0 Å². The summed E-state index contributed by atoms with van der Waals surface area (Å²) in [5.74, 6) is 0.459. The van der Waals surface area contributed by atoms with E-state index in [1.807, 2.05) is 13.8 Å². The monoisotopic (exact) mass is 248 g/mol. The Morgan fingerprint density at radius 2 is 2.06 bits per heavy atom. The van der Waals surface area contributed by atoms with Crippen LogP contribution in [0.25, 0.3) is 0 Å². The molecule has 8 heteroatoms. The Morgan fingerprint density at radius 1 is 1.44 bits per heavy atom. The van der Waals surface area contributed by atoms with Gasteiger partial charge in [0.25, 0.3) is 15.2 Å². The van der Waals surface area contributed by atoms with Crippen molar-refractivity contribution in [2.75, 3.05) is 0 Å². The van der Waals surface area contributed by atoms with E-state index in [0.717, 1.165) is 0 Å². The van der Waals surface area contributed by atoms with Crippen LogP contribution in [0, 0.1) is 0 Å². The number of sulfonamides is 1. The van der Waals surface area contributed by atoms with Crippen molar-refractivity contribution in [2.24, 2.45) is 5.14 Å². The normalized spacial score (nSPS) is 12.3. The summed E-state index contributed by atoms with van der Waals surface area (Å²) < 4.78 is 29.1. The zero-order chi connectivity index (χ0) is 12.3. The number of rotatable bonds is 5. The van der Waals surface area contributed by atoms with E-state index in [9.17, 15) is 8.42 Å². The van der Waals surface area contributed by atoms with Gasteiger partial charge in [-0.05, 0) is 20.8 Å². The summed E-state index contributed by atoms with van der Waals surface area (Å²) in [5, 5.41) is 12.1. The van der Waals surface area contributed by atoms with Gasteiger partial charge in [0.05, 0.1) is 6.10 Å². The van der Waals surface area contributed by atoms with Gasteiger partial charge in [-0.3, -0.25) is 4.57 Å². The Labute approximate surface area is 94.7 Å². The van der Waals surface area contributed by atoms with E-state index < -0.39 is 10.0 Å². The zero-order valence-electron chi connectivity index (χ0n) is 9.54. The van der Waals surface area contributed by atoms with Crippen LogP contribution in [0.2, 0.25) is 0 Å². The third-order valence-corrected chi connectivity index (χ3v) is 2.72. The Hall–Kier alpha value is -0.990. The highest BCUT2D eigenvalue weighted by Gasteiger charge is 2.20. The Bertz CT molecular complexity index is 452. The molecule has 0 atom stereocenters. The molecule has 0 aromatic carbocycles. The fraction of sp³-hybridized carbons (Fsp3) is 0.750. The largest absolute Gasteiger partial charge is 0.371 e. The average molecular weight is 248 g/mol. The highest BCUT2D eigenvalue weighted by molar-refractivity contribution is 7.89. The van der Waals surface area contributed by atoms with Gasteiger partial charge in [0.2, 0.25) is 0 Å². The second kappa shape index (κ2) is 4.89. The summed E-state index contributed by atoms with van der Waals surface area (Å²) >= 11 is 0. The first-order chi connectivity index (χ1) is 7.36. The molecule has 1 heterocycles. The van der Waals surface area contributed by atoms with Crippen molar-refractivity contribution in [2.45, 2.75) is 45.2 Å². The van der Waals surface area contributed by atoms with Crippen molar-refractivity contribution >= 4 is 10.0 Å². The molecule has 0 saturated heterocycles. The number of hydrogen-bond donors (Lipinski definition) is 1. The topological polar surface area (TPSA) is 100 Å². The molecule has 92 valence electrons.